The summed E-state index contributed by atoms with van der Waals surface area (Å²) >= 11 is 3.32. The topological polar surface area (TPSA) is 64.1 Å². The predicted octanol–water partition coefficient (Wildman–Crippen LogP) is 2.67. The third-order valence-electron chi connectivity index (χ3n) is 3.48. The summed E-state index contributed by atoms with van der Waals surface area (Å²) in [5, 5.41) is 0. The Bertz CT molecular complexity index is 555. The average molecular weight is 308 g/mol. The highest BCUT2D eigenvalue weighted by atomic mass is 79.9. The van der Waals surface area contributed by atoms with Gasteiger partial charge in [-0.15, -0.1) is 0 Å². The number of hydrazine groups is 1. The van der Waals surface area contributed by atoms with Gasteiger partial charge in [-0.05, 0) is 52.5 Å². The Kier molecular flexibility index (Phi) is 3.20. The summed E-state index contributed by atoms with van der Waals surface area (Å²) in [5.74, 6) is 6.81. The van der Waals surface area contributed by atoms with Crippen molar-refractivity contribution in [2.75, 3.05) is 0 Å². The van der Waals surface area contributed by atoms with E-state index in [2.05, 4.69) is 32.4 Å². The van der Waals surface area contributed by atoms with Crippen LogP contribution in [0.15, 0.2) is 39.5 Å². The number of halogens is 1. The molecule has 0 saturated heterocycles. The molecule has 0 spiro atoms. The van der Waals surface area contributed by atoms with E-state index in [1.165, 1.54) is 5.56 Å². The largest absolute Gasteiger partial charge is 0.453 e. The first-order valence-corrected chi connectivity index (χ1v) is 6.74. The fourth-order valence-electron chi connectivity index (χ4n) is 2.66. The lowest BCUT2D eigenvalue weighted by atomic mass is 9.95. The van der Waals surface area contributed by atoms with Crippen molar-refractivity contribution >= 4 is 15.9 Å². The van der Waals surface area contributed by atoms with Crippen LogP contribution in [0.4, 0.5) is 0 Å². The van der Waals surface area contributed by atoms with E-state index in [1.54, 1.807) is 0 Å². The van der Waals surface area contributed by atoms with Crippen LogP contribution in [-0.4, -0.2) is 4.98 Å². The lowest BCUT2D eigenvalue weighted by Gasteiger charge is -2.20. The third kappa shape index (κ3) is 1.98. The number of hydrogen-bond acceptors (Lipinski definition) is 4. The Balaban J connectivity index is 1.95. The molecule has 2 heterocycles. The molecule has 0 amide bonds. The number of nitrogens with zero attached hydrogens (tertiary/aromatic N) is 1. The minimum atomic E-state index is -0.0348. The molecule has 1 aliphatic carbocycles. The molecule has 0 fully saturated rings. The van der Waals surface area contributed by atoms with E-state index in [9.17, 15) is 0 Å². The number of aromatic nitrogens is 1. The van der Waals surface area contributed by atoms with Crippen LogP contribution in [0.25, 0.3) is 0 Å². The number of aryl methyl sites for hydroxylation is 1. The van der Waals surface area contributed by atoms with Gasteiger partial charge in [-0.1, -0.05) is 6.07 Å². The summed E-state index contributed by atoms with van der Waals surface area (Å²) in [6.45, 7) is 0. The van der Waals surface area contributed by atoms with Crippen LogP contribution in [0.5, 0.6) is 0 Å². The summed E-state index contributed by atoms with van der Waals surface area (Å²) in [6.07, 6.45) is 3.93. The molecule has 1 aliphatic rings. The van der Waals surface area contributed by atoms with Crippen molar-refractivity contribution in [2.45, 2.75) is 24.8 Å². The Morgan fingerprint density at radius 2 is 2.33 bits per heavy atom. The molecule has 2 atom stereocenters. The van der Waals surface area contributed by atoms with Gasteiger partial charge in [0.15, 0.2) is 4.67 Å². The van der Waals surface area contributed by atoms with E-state index in [1.807, 2.05) is 24.4 Å². The molecule has 18 heavy (non-hydrogen) atoms. The second-order valence-corrected chi connectivity index (χ2v) is 5.26. The second-order valence-electron chi connectivity index (χ2n) is 4.48. The highest BCUT2D eigenvalue weighted by molar-refractivity contribution is 9.10. The molecule has 2 aromatic heterocycles. The van der Waals surface area contributed by atoms with Gasteiger partial charge in [0, 0.05) is 17.8 Å². The monoisotopic (exact) mass is 307 g/mol. The van der Waals surface area contributed by atoms with Crippen LogP contribution in [0.1, 0.15) is 35.4 Å². The predicted molar refractivity (Wildman–Crippen MR) is 71.8 cm³/mol. The minimum Gasteiger partial charge on any atom is -0.453 e. The molecular weight excluding hydrogens is 294 g/mol. The molecule has 3 N–H and O–H groups in total. The summed E-state index contributed by atoms with van der Waals surface area (Å²) in [6, 6.07) is 7.90. The quantitative estimate of drug-likeness (QED) is 0.676. The van der Waals surface area contributed by atoms with Gasteiger partial charge in [0.05, 0.1) is 6.04 Å². The van der Waals surface area contributed by atoms with Crippen LogP contribution < -0.4 is 11.3 Å². The Morgan fingerprint density at radius 1 is 1.44 bits per heavy atom. The highest BCUT2D eigenvalue weighted by Gasteiger charge is 2.33. The first-order chi connectivity index (χ1) is 8.79. The first kappa shape index (κ1) is 11.9. The normalized spacial score (nSPS) is 19.8. The molecule has 5 heteroatoms. The fourth-order valence-corrected chi connectivity index (χ4v) is 2.98. The number of fused-ring (bicyclic) bond motifs is 1. The number of furan rings is 1. The van der Waals surface area contributed by atoms with Crippen molar-refractivity contribution in [1.29, 1.82) is 0 Å². The van der Waals surface area contributed by atoms with Gasteiger partial charge in [-0.3, -0.25) is 10.8 Å². The zero-order valence-electron chi connectivity index (χ0n) is 9.77. The number of pyridine rings is 1. The summed E-state index contributed by atoms with van der Waals surface area (Å²) in [5.41, 5.74) is 5.31. The Morgan fingerprint density at radius 3 is 3.06 bits per heavy atom. The first-order valence-electron chi connectivity index (χ1n) is 5.94. The number of hydrogen-bond donors (Lipinski definition) is 2. The molecule has 0 aliphatic heterocycles. The van der Waals surface area contributed by atoms with Gasteiger partial charge >= 0.3 is 0 Å². The van der Waals surface area contributed by atoms with E-state index in [0.29, 0.717) is 0 Å². The van der Waals surface area contributed by atoms with Gasteiger partial charge in [0.25, 0.3) is 0 Å². The van der Waals surface area contributed by atoms with Crippen molar-refractivity contribution in [2.24, 2.45) is 5.84 Å². The van der Waals surface area contributed by atoms with E-state index >= 15 is 0 Å². The zero-order chi connectivity index (χ0) is 12.5. The van der Waals surface area contributed by atoms with E-state index in [4.69, 9.17) is 10.3 Å². The average Bonchev–Trinajstić information content (AvgIpc) is 2.98. The van der Waals surface area contributed by atoms with Crippen LogP contribution >= 0.6 is 15.9 Å². The minimum absolute atomic E-state index is 0.0348. The van der Waals surface area contributed by atoms with Crippen molar-refractivity contribution in [3.05, 3.63) is 52.1 Å². The summed E-state index contributed by atoms with van der Waals surface area (Å²) in [7, 11) is 0. The van der Waals surface area contributed by atoms with Gasteiger partial charge in [-0.25, -0.2) is 5.43 Å². The van der Waals surface area contributed by atoms with Crippen LogP contribution in [0.2, 0.25) is 0 Å². The summed E-state index contributed by atoms with van der Waals surface area (Å²) in [4.78, 5) is 4.49. The van der Waals surface area contributed by atoms with Gasteiger partial charge in [0.1, 0.15) is 5.76 Å². The van der Waals surface area contributed by atoms with Crippen LogP contribution in [0.3, 0.4) is 0 Å². The molecule has 3 rings (SSSR count). The Labute approximate surface area is 114 Å². The Hall–Kier alpha value is -1.17. The molecule has 4 nitrogen and oxygen atoms in total. The molecule has 0 saturated carbocycles. The standard InChI is InChI=1S/C13H14BrN3O/c14-11-6-5-10(18-11)13(17-15)9-4-3-8-2-1-7-16-12(8)9/h1-2,5-7,9,13,17H,3-4,15H2. The van der Waals surface area contributed by atoms with Crippen LogP contribution in [0, 0.1) is 0 Å². The van der Waals surface area contributed by atoms with Gasteiger partial charge in [-0.2, -0.15) is 0 Å². The lowest BCUT2D eigenvalue weighted by molar-refractivity contribution is 0.358. The fraction of sp³-hybridized carbons (Fsp3) is 0.308. The lowest BCUT2D eigenvalue weighted by Crippen LogP contribution is -2.32. The third-order valence-corrected chi connectivity index (χ3v) is 3.91. The molecule has 0 bridgehead atoms. The van der Waals surface area contributed by atoms with Gasteiger partial charge in [0.2, 0.25) is 0 Å². The van der Waals surface area contributed by atoms with Gasteiger partial charge < -0.3 is 4.42 Å². The zero-order valence-corrected chi connectivity index (χ0v) is 11.4. The van der Waals surface area contributed by atoms with Crippen molar-refractivity contribution in [3.8, 4) is 0 Å². The SMILES string of the molecule is NNC(c1ccc(Br)o1)C1CCc2cccnc21. The van der Waals surface area contributed by atoms with Crippen LogP contribution in [-0.2, 0) is 6.42 Å². The molecule has 2 aromatic rings. The maximum absolute atomic E-state index is 5.70. The maximum atomic E-state index is 5.70. The molecule has 0 aromatic carbocycles. The smallest absolute Gasteiger partial charge is 0.169 e. The van der Waals surface area contributed by atoms with E-state index in [0.717, 1.165) is 29.0 Å². The number of nitrogens with two attached hydrogens (primary N) is 1. The van der Waals surface area contributed by atoms with Crippen molar-refractivity contribution in [3.63, 3.8) is 0 Å². The van der Waals surface area contributed by atoms with Crippen molar-refractivity contribution in [1.82, 2.24) is 10.4 Å². The maximum Gasteiger partial charge on any atom is 0.169 e. The van der Waals surface area contributed by atoms with E-state index < -0.39 is 0 Å². The number of rotatable bonds is 3. The van der Waals surface area contributed by atoms with Crippen molar-refractivity contribution < 1.29 is 4.42 Å². The number of nitrogens with one attached hydrogen (secondary N) is 1. The molecule has 94 valence electrons. The second kappa shape index (κ2) is 4.84. The molecule has 0 radical (unpaired) electrons. The highest BCUT2D eigenvalue weighted by Crippen LogP contribution is 2.40. The van der Waals surface area contributed by atoms with E-state index in [-0.39, 0.29) is 12.0 Å². The molecular formula is C13H14BrN3O. The molecule has 2 unspecified atom stereocenters. The summed E-state index contributed by atoms with van der Waals surface area (Å²) < 4.78 is 6.33.